The highest BCUT2D eigenvalue weighted by atomic mass is 35.5. The van der Waals surface area contributed by atoms with E-state index in [4.69, 9.17) is 11.6 Å². The number of sulfonamides is 1. The molecule has 2 aromatic carbocycles. The van der Waals surface area contributed by atoms with Crippen LogP contribution in [0.1, 0.15) is 18.8 Å². The van der Waals surface area contributed by atoms with Crippen LogP contribution in [0.5, 0.6) is 0 Å². The van der Waals surface area contributed by atoms with Crippen molar-refractivity contribution in [3.8, 4) is 0 Å². The van der Waals surface area contributed by atoms with Gasteiger partial charge in [-0.2, -0.15) is 4.31 Å². The van der Waals surface area contributed by atoms with Gasteiger partial charge in [0.15, 0.2) is 0 Å². The summed E-state index contributed by atoms with van der Waals surface area (Å²) >= 11 is 5.95. The number of hydrogen-bond donors (Lipinski definition) is 1. The quantitative estimate of drug-likeness (QED) is 0.684. The van der Waals surface area contributed by atoms with Gasteiger partial charge in [0.05, 0.1) is 21.8 Å². The standard InChI is InChI=1S/C20H21ClN4O3S/c1-14(19-22-18-8-3-2-7-17(18)20(26)23-19)24-9-11-25(12-10-24)29(27,28)16-6-4-5-15(21)13-16/h2-8,13-14H,9-12H2,1H3,(H,22,23,26)/t14-/m1/s1. The Morgan fingerprint density at radius 1 is 1.07 bits per heavy atom. The molecule has 1 aromatic heterocycles. The summed E-state index contributed by atoms with van der Waals surface area (Å²) in [6.45, 7) is 3.76. The highest BCUT2D eigenvalue weighted by Crippen LogP contribution is 2.24. The number of rotatable bonds is 4. The molecule has 1 aliphatic heterocycles. The van der Waals surface area contributed by atoms with Crippen molar-refractivity contribution < 1.29 is 8.42 Å². The van der Waals surface area contributed by atoms with Crippen LogP contribution in [0, 0.1) is 0 Å². The average molecular weight is 433 g/mol. The molecule has 1 saturated heterocycles. The number of nitrogens with zero attached hydrogens (tertiary/aromatic N) is 3. The molecule has 1 fully saturated rings. The molecular weight excluding hydrogens is 412 g/mol. The highest BCUT2D eigenvalue weighted by molar-refractivity contribution is 7.89. The lowest BCUT2D eigenvalue weighted by Crippen LogP contribution is -2.49. The molecular formula is C20H21ClN4O3S. The van der Waals surface area contributed by atoms with Crippen molar-refractivity contribution in [1.82, 2.24) is 19.2 Å². The Labute approximate surface area is 174 Å². The number of aromatic nitrogens is 2. The maximum atomic E-state index is 12.9. The van der Waals surface area contributed by atoms with Crippen LogP contribution in [0.2, 0.25) is 5.02 Å². The zero-order valence-electron chi connectivity index (χ0n) is 15.9. The Hall–Kier alpha value is -2.26. The van der Waals surface area contributed by atoms with Crippen molar-refractivity contribution in [2.45, 2.75) is 17.9 Å². The molecule has 0 spiro atoms. The molecule has 2 heterocycles. The minimum Gasteiger partial charge on any atom is -0.309 e. The third-order valence-corrected chi connectivity index (χ3v) is 7.41. The molecule has 4 rings (SSSR count). The van der Waals surface area contributed by atoms with Gasteiger partial charge in [-0.1, -0.05) is 29.8 Å². The molecule has 0 saturated carbocycles. The van der Waals surface area contributed by atoms with Crippen molar-refractivity contribution in [2.75, 3.05) is 26.2 Å². The van der Waals surface area contributed by atoms with Gasteiger partial charge in [0, 0.05) is 31.2 Å². The molecule has 0 bridgehead atoms. The van der Waals surface area contributed by atoms with E-state index in [2.05, 4.69) is 14.9 Å². The number of piperazine rings is 1. The SMILES string of the molecule is C[C@H](c1nc2ccccc2c(=O)[nH]1)N1CCN(S(=O)(=O)c2cccc(Cl)c2)CC1. The molecule has 0 aliphatic carbocycles. The number of nitrogens with one attached hydrogen (secondary N) is 1. The van der Waals surface area contributed by atoms with Gasteiger partial charge in [0.2, 0.25) is 10.0 Å². The number of aromatic amines is 1. The summed E-state index contributed by atoms with van der Waals surface area (Å²) in [6, 6.07) is 13.4. The summed E-state index contributed by atoms with van der Waals surface area (Å²) in [5.41, 5.74) is 0.486. The van der Waals surface area contributed by atoms with E-state index < -0.39 is 10.0 Å². The maximum Gasteiger partial charge on any atom is 0.258 e. The lowest BCUT2D eigenvalue weighted by molar-refractivity contribution is 0.141. The van der Waals surface area contributed by atoms with Gasteiger partial charge in [-0.3, -0.25) is 9.69 Å². The summed E-state index contributed by atoms with van der Waals surface area (Å²) in [6.07, 6.45) is 0. The molecule has 1 N–H and O–H groups in total. The third kappa shape index (κ3) is 3.93. The van der Waals surface area contributed by atoms with Crippen LogP contribution in [0.3, 0.4) is 0 Å². The number of halogens is 1. The second kappa shape index (κ2) is 7.87. The minimum atomic E-state index is -3.59. The van der Waals surface area contributed by atoms with Crippen molar-refractivity contribution in [1.29, 1.82) is 0 Å². The van der Waals surface area contributed by atoms with E-state index >= 15 is 0 Å². The second-order valence-corrected chi connectivity index (χ2v) is 9.42. The molecule has 29 heavy (non-hydrogen) atoms. The van der Waals surface area contributed by atoms with E-state index in [0.29, 0.717) is 47.9 Å². The van der Waals surface area contributed by atoms with E-state index in [-0.39, 0.29) is 16.5 Å². The lowest BCUT2D eigenvalue weighted by Gasteiger charge is -2.37. The molecule has 0 amide bonds. The van der Waals surface area contributed by atoms with Crippen molar-refractivity contribution in [3.63, 3.8) is 0 Å². The maximum absolute atomic E-state index is 12.9. The average Bonchev–Trinajstić information content (AvgIpc) is 2.73. The van der Waals surface area contributed by atoms with E-state index in [0.717, 1.165) is 0 Å². The lowest BCUT2D eigenvalue weighted by atomic mass is 10.2. The van der Waals surface area contributed by atoms with Crippen LogP contribution < -0.4 is 5.56 Å². The fourth-order valence-corrected chi connectivity index (χ4v) is 5.31. The predicted octanol–water partition coefficient (Wildman–Crippen LogP) is 2.64. The molecule has 0 unspecified atom stereocenters. The van der Waals surface area contributed by atoms with Gasteiger partial charge in [-0.15, -0.1) is 0 Å². The Morgan fingerprint density at radius 2 is 1.79 bits per heavy atom. The first-order chi connectivity index (χ1) is 13.9. The summed E-state index contributed by atoms with van der Waals surface area (Å²) in [7, 11) is -3.59. The summed E-state index contributed by atoms with van der Waals surface area (Å²) < 4.78 is 27.2. The van der Waals surface area contributed by atoms with Crippen molar-refractivity contribution >= 4 is 32.5 Å². The molecule has 3 aromatic rings. The normalized spacial score (nSPS) is 17.4. The van der Waals surface area contributed by atoms with E-state index in [9.17, 15) is 13.2 Å². The number of benzene rings is 2. The molecule has 0 radical (unpaired) electrons. The monoisotopic (exact) mass is 432 g/mol. The van der Waals surface area contributed by atoms with Gasteiger partial charge < -0.3 is 4.98 Å². The fourth-order valence-electron chi connectivity index (χ4n) is 3.58. The van der Waals surface area contributed by atoms with Gasteiger partial charge in [0.25, 0.3) is 5.56 Å². The van der Waals surface area contributed by atoms with Crippen LogP contribution in [0.25, 0.3) is 10.9 Å². The second-order valence-electron chi connectivity index (χ2n) is 7.04. The van der Waals surface area contributed by atoms with Crippen LogP contribution in [-0.2, 0) is 10.0 Å². The van der Waals surface area contributed by atoms with E-state index in [1.807, 2.05) is 25.1 Å². The first kappa shape index (κ1) is 20.0. The predicted molar refractivity (Wildman–Crippen MR) is 113 cm³/mol. The largest absolute Gasteiger partial charge is 0.309 e. The molecule has 152 valence electrons. The van der Waals surface area contributed by atoms with Gasteiger partial charge in [-0.25, -0.2) is 13.4 Å². The zero-order valence-corrected chi connectivity index (χ0v) is 17.4. The highest BCUT2D eigenvalue weighted by Gasteiger charge is 2.31. The summed E-state index contributed by atoms with van der Waals surface area (Å²) in [5, 5.41) is 0.950. The van der Waals surface area contributed by atoms with Crippen LogP contribution >= 0.6 is 11.6 Å². The Bertz CT molecular complexity index is 1200. The minimum absolute atomic E-state index is 0.136. The van der Waals surface area contributed by atoms with Gasteiger partial charge in [-0.05, 0) is 37.3 Å². The van der Waals surface area contributed by atoms with Crippen LogP contribution in [-0.4, -0.2) is 53.8 Å². The van der Waals surface area contributed by atoms with Gasteiger partial charge in [0.1, 0.15) is 5.82 Å². The molecule has 1 atom stereocenters. The third-order valence-electron chi connectivity index (χ3n) is 5.28. The van der Waals surface area contributed by atoms with Crippen molar-refractivity contribution in [3.05, 3.63) is 69.7 Å². The fraction of sp³-hybridized carbons (Fsp3) is 0.300. The smallest absolute Gasteiger partial charge is 0.258 e. The van der Waals surface area contributed by atoms with E-state index in [1.165, 1.54) is 10.4 Å². The zero-order chi connectivity index (χ0) is 20.6. The summed E-state index contributed by atoms with van der Waals surface area (Å²) in [5.74, 6) is 0.583. The Balaban J connectivity index is 1.50. The summed E-state index contributed by atoms with van der Waals surface area (Å²) in [4.78, 5) is 22.1. The molecule has 7 nitrogen and oxygen atoms in total. The van der Waals surface area contributed by atoms with Crippen molar-refractivity contribution in [2.24, 2.45) is 0 Å². The first-order valence-electron chi connectivity index (χ1n) is 9.35. The van der Waals surface area contributed by atoms with Crippen LogP contribution in [0.4, 0.5) is 0 Å². The Kier molecular flexibility index (Phi) is 5.44. The number of fused-ring (bicyclic) bond motifs is 1. The molecule has 1 aliphatic rings. The number of para-hydroxylation sites is 1. The van der Waals surface area contributed by atoms with E-state index in [1.54, 1.807) is 24.3 Å². The Morgan fingerprint density at radius 3 is 2.52 bits per heavy atom. The van der Waals surface area contributed by atoms with Gasteiger partial charge >= 0.3 is 0 Å². The topological polar surface area (TPSA) is 86.4 Å². The van der Waals surface area contributed by atoms with Crippen LogP contribution in [0.15, 0.2) is 58.2 Å². The number of H-pyrrole nitrogens is 1. The number of hydrogen-bond acceptors (Lipinski definition) is 5. The first-order valence-corrected chi connectivity index (χ1v) is 11.2. The molecule has 9 heteroatoms.